The predicted molar refractivity (Wildman–Crippen MR) is 65.9 cm³/mol. The molecule has 0 aliphatic carbocycles. The summed E-state index contributed by atoms with van der Waals surface area (Å²) < 4.78 is 65.6. The fraction of sp³-hybridized carbons (Fsp3) is 0.231. The topological polar surface area (TPSA) is 59.3 Å². The van der Waals surface area contributed by atoms with Crippen molar-refractivity contribution in [2.75, 3.05) is 0 Å². The molecule has 118 valence electrons. The number of alkyl halides is 3. The lowest BCUT2D eigenvalue weighted by Crippen LogP contribution is -2.25. The minimum atomic E-state index is -4.79. The number of rotatable bonds is 2. The van der Waals surface area contributed by atoms with E-state index in [-0.39, 0.29) is 4.57 Å². The summed E-state index contributed by atoms with van der Waals surface area (Å²) in [5, 5.41) is 8.10. The number of aromatic nitrogens is 1. The van der Waals surface area contributed by atoms with Gasteiger partial charge in [0.2, 0.25) is 5.43 Å². The molecule has 2 rings (SSSR count). The average molecular weight is 321 g/mol. The second-order valence-electron chi connectivity index (χ2n) is 4.61. The number of nitrogens with zero attached hydrogens (tertiary/aromatic N) is 1. The van der Waals surface area contributed by atoms with Crippen molar-refractivity contribution < 1.29 is 31.9 Å². The first-order chi connectivity index (χ1) is 10.0. The standard InChI is InChI=1S/C13H8F5NO3/c1-5-8(14)2-6-10(9(5)15)19(4-13(16,17)18)3-7(11(6)20)12(21)22/h2-3H,4H2,1H3,(H,21,22). The van der Waals surface area contributed by atoms with Gasteiger partial charge in [-0.25, -0.2) is 13.6 Å². The van der Waals surface area contributed by atoms with Crippen molar-refractivity contribution in [3.8, 4) is 0 Å². The van der Waals surface area contributed by atoms with Crippen LogP contribution in [-0.4, -0.2) is 21.8 Å². The first-order valence-corrected chi connectivity index (χ1v) is 5.84. The van der Waals surface area contributed by atoms with Crippen LogP contribution in [0.2, 0.25) is 0 Å². The van der Waals surface area contributed by atoms with Crippen LogP contribution in [0.25, 0.3) is 10.9 Å². The molecule has 4 nitrogen and oxygen atoms in total. The lowest BCUT2D eigenvalue weighted by molar-refractivity contribution is -0.140. The fourth-order valence-electron chi connectivity index (χ4n) is 2.05. The third kappa shape index (κ3) is 2.66. The van der Waals surface area contributed by atoms with Gasteiger partial charge in [0.05, 0.1) is 10.9 Å². The van der Waals surface area contributed by atoms with Gasteiger partial charge in [0.1, 0.15) is 17.9 Å². The van der Waals surface area contributed by atoms with E-state index in [1.165, 1.54) is 0 Å². The largest absolute Gasteiger partial charge is 0.477 e. The lowest BCUT2D eigenvalue weighted by atomic mass is 10.1. The Morgan fingerprint density at radius 1 is 1.32 bits per heavy atom. The van der Waals surface area contributed by atoms with Crippen LogP contribution in [-0.2, 0) is 6.54 Å². The van der Waals surface area contributed by atoms with Crippen molar-refractivity contribution in [2.45, 2.75) is 19.6 Å². The summed E-state index contributed by atoms with van der Waals surface area (Å²) in [5.41, 5.74) is -3.60. The Balaban J connectivity index is 2.99. The number of hydrogen-bond acceptors (Lipinski definition) is 2. The summed E-state index contributed by atoms with van der Waals surface area (Å²) >= 11 is 0. The van der Waals surface area contributed by atoms with Crippen LogP contribution in [0.1, 0.15) is 15.9 Å². The molecule has 1 N–H and O–H groups in total. The molecule has 1 aromatic heterocycles. The van der Waals surface area contributed by atoms with Crippen molar-refractivity contribution in [3.63, 3.8) is 0 Å². The van der Waals surface area contributed by atoms with Gasteiger partial charge in [0.25, 0.3) is 0 Å². The summed E-state index contributed by atoms with van der Waals surface area (Å²) in [7, 11) is 0. The highest BCUT2D eigenvalue weighted by atomic mass is 19.4. The number of carboxylic acids is 1. The molecule has 2 aromatic rings. The summed E-state index contributed by atoms with van der Waals surface area (Å²) in [5.74, 6) is -4.28. The molecule has 9 heteroatoms. The molecule has 0 amide bonds. The van der Waals surface area contributed by atoms with Crippen LogP contribution in [0.15, 0.2) is 17.1 Å². The van der Waals surface area contributed by atoms with Gasteiger partial charge in [-0.15, -0.1) is 0 Å². The van der Waals surface area contributed by atoms with E-state index in [9.17, 15) is 31.5 Å². The molecule has 0 aliphatic rings. The van der Waals surface area contributed by atoms with Crippen molar-refractivity contribution in [2.24, 2.45) is 0 Å². The summed E-state index contributed by atoms with van der Waals surface area (Å²) in [6.07, 6.45) is -4.38. The Morgan fingerprint density at radius 2 is 1.91 bits per heavy atom. The zero-order valence-corrected chi connectivity index (χ0v) is 11.0. The molecule has 0 unspecified atom stereocenters. The van der Waals surface area contributed by atoms with Gasteiger partial charge < -0.3 is 9.67 Å². The van der Waals surface area contributed by atoms with Crippen LogP contribution >= 0.6 is 0 Å². The van der Waals surface area contributed by atoms with Gasteiger partial charge in [-0.2, -0.15) is 13.2 Å². The van der Waals surface area contributed by atoms with E-state index in [2.05, 4.69) is 0 Å². The molecular weight excluding hydrogens is 313 g/mol. The normalized spacial score (nSPS) is 11.9. The highest BCUT2D eigenvalue weighted by Crippen LogP contribution is 2.25. The van der Waals surface area contributed by atoms with E-state index in [1.807, 2.05) is 0 Å². The van der Waals surface area contributed by atoms with Crippen molar-refractivity contribution in [3.05, 3.63) is 45.2 Å². The Morgan fingerprint density at radius 3 is 2.41 bits per heavy atom. The number of halogens is 5. The maximum atomic E-state index is 14.1. The molecule has 0 fully saturated rings. The molecule has 22 heavy (non-hydrogen) atoms. The summed E-state index contributed by atoms with van der Waals surface area (Å²) in [6.45, 7) is -0.719. The Labute approximate surface area is 119 Å². The number of hydrogen-bond donors (Lipinski definition) is 1. The van der Waals surface area contributed by atoms with Gasteiger partial charge in [0.15, 0.2) is 5.82 Å². The lowest BCUT2D eigenvalue weighted by Gasteiger charge is -2.16. The van der Waals surface area contributed by atoms with Gasteiger partial charge in [0, 0.05) is 11.8 Å². The minimum absolute atomic E-state index is 0.252. The van der Waals surface area contributed by atoms with Crippen LogP contribution in [0, 0.1) is 18.6 Å². The molecule has 0 radical (unpaired) electrons. The van der Waals surface area contributed by atoms with Crippen molar-refractivity contribution >= 4 is 16.9 Å². The molecule has 0 atom stereocenters. The Hall–Kier alpha value is -2.45. The zero-order chi connectivity index (χ0) is 16.8. The predicted octanol–water partition coefficient (Wildman–Crippen LogP) is 2.85. The fourth-order valence-corrected chi connectivity index (χ4v) is 2.05. The van der Waals surface area contributed by atoms with Gasteiger partial charge in [-0.3, -0.25) is 4.79 Å². The molecule has 0 aliphatic heterocycles. The van der Waals surface area contributed by atoms with E-state index in [4.69, 9.17) is 5.11 Å². The Kier molecular flexibility index (Phi) is 3.68. The number of fused-ring (bicyclic) bond motifs is 1. The number of carboxylic acid groups (broad SMARTS) is 1. The van der Waals surface area contributed by atoms with Crippen LogP contribution in [0.3, 0.4) is 0 Å². The highest BCUT2D eigenvalue weighted by molar-refractivity contribution is 5.93. The Bertz CT molecular complexity index is 838. The monoisotopic (exact) mass is 321 g/mol. The molecular formula is C13H8F5NO3. The molecule has 0 spiro atoms. The molecule has 1 heterocycles. The zero-order valence-electron chi connectivity index (χ0n) is 11.0. The van der Waals surface area contributed by atoms with Gasteiger partial charge in [-0.1, -0.05) is 0 Å². The minimum Gasteiger partial charge on any atom is -0.477 e. The SMILES string of the molecule is Cc1c(F)cc2c(=O)c(C(=O)O)cn(CC(F)(F)F)c2c1F. The number of aromatic carboxylic acids is 1. The van der Waals surface area contributed by atoms with Gasteiger partial charge in [-0.05, 0) is 13.0 Å². The van der Waals surface area contributed by atoms with Crippen molar-refractivity contribution in [1.29, 1.82) is 0 Å². The van der Waals surface area contributed by atoms with Crippen molar-refractivity contribution in [1.82, 2.24) is 4.57 Å². The number of benzene rings is 1. The quantitative estimate of drug-likeness (QED) is 0.865. The first-order valence-electron chi connectivity index (χ1n) is 5.84. The third-order valence-electron chi connectivity index (χ3n) is 3.06. The average Bonchev–Trinajstić information content (AvgIpc) is 2.37. The van der Waals surface area contributed by atoms with Gasteiger partial charge >= 0.3 is 12.1 Å². The van der Waals surface area contributed by atoms with E-state index in [1.54, 1.807) is 0 Å². The molecule has 0 bridgehead atoms. The van der Waals surface area contributed by atoms with E-state index in [0.29, 0.717) is 12.3 Å². The maximum Gasteiger partial charge on any atom is 0.406 e. The first kappa shape index (κ1) is 15.9. The number of carbonyl (C=O) groups is 1. The second kappa shape index (κ2) is 5.08. The summed E-state index contributed by atoms with van der Waals surface area (Å²) in [4.78, 5) is 22.8. The molecule has 1 aromatic carbocycles. The van der Waals surface area contributed by atoms with E-state index in [0.717, 1.165) is 6.92 Å². The molecule has 0 saturated heterocycles. The third-order valence-corrected chi connectivity index (χ3v) is 3.06. The van der Waals surface area contributed by atoms with Crippen LogP contribution < -0.4 is 5.43 Å². The van der Waals surface area contributed by atoms with Crippen LogP contribution in [0.5, 0.6) is 0 Å². The smallest absolute Gasteiger partial charge is 0.406 e. The van der Waals surface area contributed by atoms with E-state index >= 15 is 0 Å². The number of pyridine rings is 1. The molecule has 0 saturated carbocycles. The maximum absolute atomic E-state index is 14.1. The second-order valence-corrected chi connectivity index (χ2v) is 4.61. The highest BCUT2D eigenvalue weighted by Gasteiger charge is 2.30. The van der Waals surface area contributed by atoms with E-state index < -0.39 is 57.8 Å². The van der Waals surface area contributed by atoms with Crippen LogP contribution in [0.4, 0.5) is 22.0 Å². The summed E-state index contributed by atoms with van der Waals surface area (Å²) in [6, 6.07) is 0.537.